The molecule has 0 bridgehead atoms. The number of carboxylic acid groups (broad SMARTS) is 1. The van der Waals surface area contributed by atoms with Crippen molar-refractivity contribution in [3.05, 3.63) is 53.4 Å². The predicted molar refractivity (Wildman–Crippen MR) is 68.8 cm³/mol. The summed E-state index contributed by atoms with van der Waals surface area (Å²) in [6.45, 7) is 4.55. The molecule has 1 heterocycles. The lowest BCUT2D eigenvalue weighted by Crippen LogP contribution is -2.07. The summed E-state index contributed by atoms with van der Waals surface area (Å²) in [6.07, 6.45) is 3.54. The third-order valence-corrected chi connectivity index (χ3v) is 2.88. The Kier molecular flexibility index (Phi) is 3.64. The molecule has 0 fully saturated rings. The van der Waals surface area contributed by atoms with Gasteiger partial charge in [0.05, 0.1) is 5.56 Å². The second-order valence-corrected chi connectivity index (χ2v) is 4.69. The average Bonchev–Trinajstić information content (AvgIpc) is 2.76. The Labute approximate surface area is 110 Å². The first-order valence-corrected chi connectivity index (χ1v) is 6.01. The van der Waals surface area contributed by atoms with Crippen LogP contribution in [0.4, 0.5) is 4.39 Å². The fourth-order valence-electron chi connectivity index (χ4n) is 1.98. The van der Waals surface area contributed by atoms with Crippen LogP contribution in [-0.2, 0) is 6.54 Å². The van der Waals surface area contributed by atoms with Crippen molar-refractivity contribution in [1.82, 2.24) is 9.55 Å². The fourth-order valence-corrected chi connectivity index (χ4v) is 1.98. The molecular formula is C14H15FN2O2. The van der Waals surface area contributed by atoms with E-state index in [1.807, 2.05) is 24.6 Å². The van der Waals surface area contributed by atoms with Crippen LogP contribution < -0.4 is 0 Å². The Hall–Kier alpha value is -2.17. The number of aromatic nitrogens is 2. The predicted octanol–water partition coefficient (Wildman–Crippen LogP) is 2.89. The maximum Gasteiger partial charge on any atom is 0.338 e. The molecule has 0 aliphatic rings. The second kappa shape index (κ2) is 5.22. The van der Waals surface area contributed by atoms with Gasteiger partial charge < -0.3 is 9.67 Å². The van der Waals surface area contributed by atoms with Gasteiger partial charge in [0.1, 0.15) is 11.6 Å². The van der Waals surface area contributed by atoms with Gasteiger partial charge in [-0.1, -0.05) is 19.9 Å². The number of rotatable bonds is 4. The average molecular weight is 262 g/mol. The van der Waals surface area contributed by atoms with Crippen LogP contribution in [0.1, 0.15) is 41.5 Å². The molecule has 0 saturated heterocycles. The van der Waals surface area contributed by atoms with Crippen LogP contribution in [0.2, 0.25) is 0 Å². The molecule has 0 aliphatic heterocycles. The highest BCUT2D eigenvalue weighted by molar-refractivity contribution is 5.87. The summed E-state index contributed by atoms with van der Waals surface area (Å²) in [5.41, 5.74) is 0.404. The van der Waals surface area contributed by atoms with Crippen molar-refractivity contribution in [3.8, 4) is 0 Å². The Morgan fingerprint density at radius 3 is 2.79 bits per heavy atom. The molecule has 0 spiro atoms. The molecule has 0 saturated carbocycles. The smallest absolute Gasteiger partial charge is 0.338 e. The molecule has 100 valence electrons. The minimum Gasteiger partial charge on any atom is -0.478 e. The van der Waals surface area contributed by atoms with Gasteiger partial charge in [-0.2, -0.15) is 0 Å². The number of hydrogen-bond donors (Lipinski definition) is 1. The number of hydrogen-bond acceptors (Lipinski definition) is 2. The molecular weight excluding hydrogens is 247 g/mol. The van der Waals surface area contributed by atoms with Crippen molar-refractivity contribution in [2.75, 3.05) is 0 Å². The maximum absolute atomic E-state index is 13.6. The SMILES string of the molecule is CC(C)c1nccn1Cc1ccc(C(=O)O)c(F)c1. The standard InChI is InChI=1S/C14H15FN2O2/c1-9(2)13-16-5-6-17(13)8-10-3-4-11(14(18)19)12(15)7-10/h3-7,9H,8H2,1-2H3,(H,18,19). The lowest BCUT2D eigenvalue weighted by molar-refractivity contribution is 0.0692. The number of nitrogens with zero attached hydrogens (tertiary/aromatic N) is 2. The van der Waals surface area contributed by atoms with Crippen molar-refractivity contribution >= 4 is 5.97 Å². The molecule has 0 radical (unpaired) electrons. The molecule has 1 aromatic carbocycles. The van der Waals surface area contributed by atoms with E-state index in [1.54, 1.807) is 12.3 Å². The number of carbonyl (C=O) groups is 1. The highest BCUT2D eigenvalue weighted by atomic mass is 19.1. The van der Waals surface area contributed by atoms with Gasteiger partial charge in [0, 0.05) is 24.9 Å². The summed E-state index contributed by atoms with van der Waals surface area (Å²) < 4.78 is 15.5. The molecule has 0 atom stereocenters. The molecule has 2 rings (SSSR count). The molecule has 2 aromatic rings. The van der Waals surface area contributed by atoms with Gasteiger partial charge in [0.2, 0.25) is 0 Å². The van der Waals surface area contributed by atoms with E-state index in [0.29, 0.717) is 12.1 Å². The van der Waals surface area contributed by atoms with Crippen molar-refractivity contribution in [2.24, 2.45) is 0 Å². The van der Waals surface area contributed by atoms with Gasteiger partial charge in [-0.05, 0) is 17.7 Å². The summed E-state index contributed by atoms with van der Waals surface area (Å²) in [4.78, 5) is 15.0. The first-order chi connectivity index (χ1) is 8.99. The first kappa shape index (κ1) is 13.3. The summed E-state index contributed by atoms with van der Waals surface area (Å²) in [5.74, 6) is -0.772. The Morgan fingerprint density at radius 2 is 2.21 bits per heavy atom. The van der Waals surface area contributed by atoms with E-state index in [-0.39, 0.29) is 11.5 Å². The van der Waals surface area contributed by atoms with E-state index < -0.39 is 11.8 Å². The Morgan fingerprint density at radius 1 is 1.47 bits per heavy atom. The highest BCUT2D eigenvalue weighted by Gasteiger charge is 2.12. The van der Waals surface area contributed by atoms with Gasteiger partial charge in [-0.15, -0.1) is 0 Å². The fraction of sp³-hybridized carbons (Fsp3) is 0.286. The van der Waals surface area contributed by atoms with E-state index >= 15 is 0 Å². The molecule has 1 aromatic heterocycles. The zero-order valence-corrected chi connectivity index (χ0v) is 10.8. The van der Waals surface area contributed by atoms with Crippen LogP contribution in [0.3, 0.4) is 0 Å². The largest absolute Gasteiger partial charge is 0.478 e. The van der Waals surface area contributed by atoms with Gasteiger partial charge in [-0.25, -0.2) is 14.2 Å². The van der Waals surface area contributed by atoms with E-state index in [2.05, 4.69) is 4.98 Å². The maximum atomic E-state index is 13.6. The summed E-state index contributed by atoms with van der Waals surface area (Å²) in [6, 6.07) is 4.17. The minimum atomic E-state index is -1.26. The molecule has 5 heteroatoms. The van der Waals surface area contributed by atoms with Crippen LogP contribution in [-0.4, -0.2) is 20.6 Å². The van der Waals surface area contributed by atoms with Gasteiger partial charge >= 0.3 is 5.97 Å². The second-order valence-electron chi connectivity index (χ2n) is 4.69. The van der Waals surface area contributed by atoms with E-state index in [4.69, 9.17) is 5.11 Å². The van der Waals surface area contributed by atoms with Crippen LogP contribution in [0.15, 0.2) is 30.6 Å². The van der Waals surface area contributed by atoms with Crippen molar-refractivity contribution in [2.45, 2.75) is 26.3 Å². The number of aromatic carboxylic acids is 1. The first-order valence-electron chi connectivity index (χ1n) is 6.01. The number of benzene rings is 1. The van der Waals surface area contributed by atoms with Crippen molar-refractivity contribution in [3.63, 3.8) is 0 Å². The monoisotopic (exact) mass is 262 g/mol. The number of halogens is 1. The normalized spacial score (nSPS) is 10.9. The lowest BCUT2D eigenvalue weighted by atomic mass is 10.1. The lowest BCUT2D eigenvalue weighted by Gasteiger charge is -2.10. The summed E-state index contributed by atoms with van der Waals surface area (Å²) in [7, 11) is 0. The van der Waals surface area contributed by atoms with Gasteiger partial charge in [-0.3, -0.25) is 0 Å². The molecule has 19 heavy (non-hydrogen) atoms. The Bertz CT molecular complexity index is 605. The number of imidazole rings is 1. The van der Waals surface area contributed by atoms with Crippen molar-refractivity contribution < 1.29 is 14.3 Å². The van der Waals surface area contributed by atoms with Crippen LogP contribution in [0, 0.1) is 5.82 Å². The van der Waals surface area contributed by atoms with E-state index in [1.165, 1.54) is 12.1 Å². The minimum absolute atomic E-state index is 0.276. The third-order valence-electron chi connectivity index (χ3n) is 2.88. The molecule has 1 N–H and O–H groups in total. The number of carboxylic acids is 1. The molecule has 0 amide bonds. The molecule has 0 aliphatic carbocycles. The van der Waals surface area contributed by atoms with Crippen LogP contribution in [0.5, 0.6) is 0 Å². The van der Waals surface area contributed by atoms with E-state index in [0.717, 1.165) is 5.82 Å². The quantitative estimate of drug-likeness (QED) is 0.921. The summed E-state index contributed by atoms with van der Waals surface area (Å²) in [5, 5.41) is 8.77. The van der Waals surface area contributed by atoms with Gasteiger partial charge in [0.25, 0.3) is 0 Å². The summed E-state index contributed by atoms with van der Waals surface area (Å²) >= 11 is 0. The molecule has 0 unspecified atom stereocenters. The van der Waals surface area contributed by atoms with E-state index in [9.17, 15) is 9.18 Å². The van der Waals surface area contributed by atoms with Gasteiger partial charge in [0.15, 0.2) is 0 Å². The Balaban J connectivity index is 2.27. The zero-order chi connectivity index (χ0) is 14.0. The topological polar surface area (TPSA) is 55.1 Å². The third kappa shape index (κ3) is 2.81. The molecule has 4 nitrogen and oxygen atoms in total. The van der Waals surface area contributed by atoms with Crippen LogP contribution >= 0.6 is 0 Å². The van der Waals surface area contributed by atoms with Crippen LogP contribution in [0.25, 0.3) is 0 Å². The highest BCUT2D eigenvalue weighted by Crippen LogP contribution is 2.16. The van der Waals surface area contributed by atoms with Crippen molar-refractivity contribution in [1.29, 1.82) is 0 Å². The zero-order valence-electron chi connectivity index (χ0n) is 10.8.